The number of carbonyl (C=O) groups excluding carboxylic acids is 1. The van der Waals surface area contributed by atoms with E-state index in [4.69, 9.17) is 10.5 Å². The largest absolute Gasteiger partial charge is 0.494 e. The van der Waals surface area contributed by atoms with Crippen LogP contribution in [-0.4, -0.2) is 37.1 Å². The van der Waals surface area contributed by atoms with Crippen LogP contribution in [0, 0.1) is 0 Å². The zero-order valence-corrected chi connectivity index (χ0v) is 13.3. The normalized spacial score (nSPS) is 11.3. The van der Waals surface area contributed by atoms with Crippen LogP contribution >= 0.6 is 24.2 Å². The fourth-order valence-corrected chi connectivity index (χ4v) is 1.99. The van der Waals surface area contributed by atoms with E-state index >= 15 is 0 Å². The first-order valence-electron chi connectivity index (χ1n) is 6.44. The highest BCUT2D eigenvalue weighted by atomic mass is 35.5. The van der Waals surface area contributed by atoms with Crippen molar-refractivity contribution in [3.8, 4) is 5.75 Å². The number of halogens is 1. The smallest absolute Gasteiger partial charge is 0.236 e. The van der Waals surface area contributed by atoms with Gasteiger partial charge in [0.2, 0.25) is 5.91 Å². The van der Waals surface area contributed by atoms with Crippen LogP contribution in [0.3, 0.4) is 0 Å². The van der Waals surface area contributed by atoms with Gasteiger partial charge in [-0.2, -0.15) is 11.8 Å². The number of thioether (sulfide) groups is 1. The highest BCUT2D eigenvalue weighted by molar-refractivity contribution is 7.98. The maximum absolute atomic E-state index is 11.6. The maximum atomic E-state index is 11.6. The molecule has 0 aliphatic heterocycles. The van der Waals surface area contributed by atoms with E-state index in [1.54, 1.807) is 11.8 Å². The van der Waals surface area contributed by atoms with Crippen LogP contribution in [0.2, 0.25) is 0 Å². The zero-order chi connectivity index (χ0) is 13.9. The molecule has 6 heteroatoms. The molecule has 114 valence electrons. The Balaban J connectivity index is 0.00000361. The van der Waals surface area contributed by atoms with Gasteiger partial charge in [-0.25, -0.2) is 0 Å². The molecule has 0 aromatic heterocycles. The highest BCUT2D eigenvalue weighted by Crippen LogP contribution is 2.08. The molecule has 0 bridgehead atoms. The summed E-state index contributed by atoms with van der Waals surface area (Å²) in [6, 6.07) is 9.24. The van der Waals surface area contributed by atoms with Crippen molar-refractivity contribution in [2.75, 3.05) is 25.2 Å². The van der Waals surface area contributed by atoms with Gasteiger partial charge in [0.1, 0.15) is 5.75 Å². The molecule has 0 spiro atoms. The lowest BCUT2D eigenvalue weighted by Crippen LogP contribution is -2.41. The second-order valence-electron chi connectivity index (χ2n) is 4.19. The van der Waals surface area contributed by atoms with E-state index in [1.807, 2.05) is 36.6 Å². The van der Waals surface area contributed by atoms with Crippen molar-refractivity contribution in [1.82, 2.24) is 5.32 Å². The fraction of sp³-hybridized carbons (Fsp3) is 0.500. The Morgan fingerprint density at radius 2 is 2.10 bits per heavy atom. The van der Waals surface area contributed by atoms with Gasteiger partial charge in [0.25, 0.3) is 0 Å². The molecule has 0 saturated carbocycles. The van der Waals surface area contributed by atoms with Crippen molar-refractivity contribution in [2.45, 2.75) is 18.9 Å². The summed E-state index contributed by atoms with van der Waals surface area (Å²) in [5.41, 5.74) is 5.75. The van der Waals surface area contributed by atoms with Crippen LogP contribution < -0.4 is 15.8 Å². The number of ether oxygens (including phenoxy) is 1. The van der Waals surface area contributed by atoms with E-state index in [2.05, 4.69) is 5.32 Å². The van der Waals surface area contributed by atoms with E-state index in [0.717, 1.165) is 17.9 Å². The molecule has 3 N–H and O–H groups in total. The Bertz CT molecular complexity index is 365. The molecular weight excluding hydrogens is 296 g/mol. The zero-order valence-electron chi connectivity index (χ0n) is 11.7. The van der Waals surface area contributed by atoms with Crippen LogP contribution in [0.15, 0.2) is 30.3 Å². The number of nitrogens with two attached hydrogens (primary N) is 1. The van der Waals surface area contributed by atoms with Gasteiger partial charge in [0, 0.05) is 6.54 Å². The summed E-state index contributed by atoms with van der Waals surface area (Å²) < 4.78 is 5.53. The standard InChI is InChI=1S/C14H22N2O2S.ClH/c1-19-11-8-13(15)14(17)16-9-5-10-18-12-6-3-2-4-7-12;/h2-4,6-7,13H,5,8-11,15H2,1H3,(H,16,17);1H. The van der Waals surface area contributed by atoms with Crippen molar-refractivity contribution < 1.29 is 9.53 Å². The van der Waals surface area contributed by atoms with E-state index in [1.165, 1.54) is 0 Å². The van der Waals surface area contributed by atoms with E-state index in [-0.39, 0.29) is 18.3 Å². The summed E-state index contributed by atoms with van der Waals surface area (Å²) in [6.45, 7) is 1.18. The SMILES string of the molecule is CSCCC(N)C(=O)NCCCOc1ccccc1.Cl. The van der Waals surface area contributed by atoms with Gasteiger partial charge in [-0.05, 0) is 37.0 Å². The second-order valence-corrected chi connectivity index (χ2v) is 5.18. The predicted octanol–water partition coefficient (Wildman–Crippen LogP) is 2.07. The molecule has 1 atom stereocenters. The molecule has 1 aromatic rings. The van der Waals surface area contributed by atoms with Crippen LogP contribution in [-0.2, 0) is 4.79 Å². The highest BCUT2D eigenvalue weighted by Gasteiger charge is 2.11. The number of carbonyl (C=O) groups is 1. The van der Waals surface area contributed by atoms with Crippen molar-refractivity contribution in [3.05, 3.63) is 30.3 Å². The second kappa shape index (κ2) is 11.9. The average Bonchev–Trinajstić information content (AvgIpc) is 2.45. The van der Waals surface area contributed by atoms with E-state index in [0.29, 0.717) is 19.6 Å². The molecule has 1 rings (SSSR count). The minimum atomic E-state index is -0.400. The Morgan fingerprint density at radius 3 is 2.75 bits per heavy atom. The van der Waals surface area contributed by atoms with Crippen molar-refractivity contribution in [2.24, 2.45) is 5.73 Å². The Hall–Kier alpha value is -0.910. The van der Waals surface area contributed by atoms with Crippen molar-refractivity contribution in [3.63, 3.8) is 0 Å². The number of para-hydroxylation sites is 1. The number of benzene rings is 1. The first-order valence-corrected chi connectivity index (χ1v) is 7.83. The molecule has 1 amide bonds. The molecule has 4 nitrogen and oxygen atoms in total. The monoisotopic (exact) mass is 318 g/mol. The summed E-state index contributed by atoms with van der Waals surface area (Å²) in [6.07, 6.45) is 3.49. The third-order valence-electron chi connectivity index (χ3n) is 2.60. The summed E-state index contributed by atoms with van der Waals surface area (Å²) in [5.74, 6) is 1.69. The molecule has 0 saturated heterocycles. The Morgan fingerprint density at radius 1 is 1.40 bits per heavy atom. The Kier molecular flexibility index (Phi) is 11.3. The van der Waals surface area contributed by atoms with Gasteiger partial charge in [0.05, 0.1) is 12.6 Å². The first-order chi connectivity index (χ1) is 9.24. The summed E-state index contributed by atoms with van der Waals surface area (Å²) in [7, 11) is 0. The summed E-state index contributed by atoms with van der Waals surface area (Å²) in [5, 5.41) is 2.82. The molecule has 0 radical (unpaired) electrons. The predicted molar refractivity (Wildman–Crippen MR) is 87.8 cm³/mol. The molecule has 20 heavy (non-hydrogen) atoms. The molecule has 1 aromatic carbocycles. The lowest BCUT2D eigenvalue weighted by Gasteiger charge is -2.11. The van der Waals surface area contributed by atoms with E-state index in [9.17, 15) is 4.79 Å². The van der Waals surface area contributed by atoms with Gasteiger partial charge in [0.15, 0.2) is 0 Å². The topological polar surface area (TPSA) is 64.4 Å². The lowest BCUT2D eigenvalue weighted by atomic mass is 10.2. The van der Waals surface area contributed by atoms with Gasteiger partial charge >= 0.3 is 0 Å². The van der Waals surface area contributed by atoms with Crippen molar-refractivity contribution in [1.29, 1.82) is 0 Å². The van der Waals surface area contributed by atoms with Gasteiger partial charge in [-0.1, -0.05) is 18.2 Å². The minimum absolute atomic E-state index is 0. The first kappa shape index (κ1) is 19.1. The summed E-state index contributed by atoms with van der Waals surface area (Å²) >= 11 is 1.70. The maximum Gasteiger partial charge on any atom is 0.236 e. The molecule has 0 aliphatic rings. The number of rotatable bonds is 9. The number of nitrogens with one attached hydrogen (secondary N) is 1. The molecule has 0 aliphatic carbocycles. The third-order valence-corrected chi connectivity index (χ3v) is 3.25. The van der Waals surface area contributed by atoms with Gasteiger partial charge in [-0.15, -0.1) is 12.4 Å². The quantitative estimate of drug-likeness (QED) is 0.684. The summed E-state index contributed by atoms with van der Waals surface area (Å²) in [4.78, 5) is 11.6. The van der Waals surface area contributed by atoms with Crippen LogP contribution in [0.25, 0.3) is 0 Å². The number of amides is 1. The van der Waals surface area contributed by atoms with Crippen LogP contribution in [0.1, 0.15) is 12.8 Å². The Labute approximate surface area is 131 Å². The molecule has 0 heterocycles. The minimum Gasteiger partial charge on any atom is -0.494 e. The van der Waals surface area contributed by atoms with Crippen LogP contribution in [0.5, 0.6) is 5.75 Å². The van der Waals surface area contributed by atoms with Gasteiger partial charge in [-0.3, -0.25) is 4.79 Å². The third kappa shape index (κ3) is 8.30. The number of hydrogen-bond donors (Lipinski definition) is 2. The van der Waals surface area contributed by atoms with E-state index < -0.39 is 6.04 Å². The number of hydrogen-bond acceptors (Lipinski definition) is 4. The molecule has 1 unspecified atom stereocenters. The van der Waals surface area contributed by atoms with Gasteiger partial charge < -0.3 is 15.8 Å². The molecule has 0 fully saturated rings. The lowest BCUT2D eigenvalue weighted by molar-refractivity contribution is -0.122. The molecular formula is C14H23ClN2O2S. The van der Waals surface area contributed by atoms with Crippen molar-refractivity contribution >= 4 is 30.1 Å². The average molecular weight is 319 g/mol. The van der Waals surface area contributed by atoms with Crippen LogP contribution in [0.4, 0.5) is 0 Å². The fourth-order valence-electron chi connectivity index (χ4n) is 1.50.